The van der Waals surface area contributed by atoms with Crippen LogP contribution in [0.4, 0.5) is 0 Å². The van der Waals surface area contributed by atoms with Gasteiger partial charge >= 0.3 is 0 Å². The van der Waals surface area contributed by atoms with E-state index in [-0.39, 0.29) is 36.3 Å². The highest BCUT2D eigenvalue weighted by Crippen LogP contribution is 2.63. The van der Waals surface area contributed by atoms with Crippen LogP contribution in [0.1, 0.15) is 73.6 Å². The molecule has 1 spiro atoms. The third-order valence-corrected chi connectivity index (χ3v) is 7.72. The maximum Gasteiger partial charge on any atom is 0.246 e. The van der Waals surface area contributed by atoms with Crippen LogP contribution in [0, 0.1) is 17.8 Å². The van der Waals surface area contributed by atoms with Gasteiger partial charge in [-0.1, -0.05) is 34.1 Å². The minimum absolute atomic E-state index is 0.0376. The normalized spacial score (nSPS) is 35.2. The minimum atomic E-state index is -1.04. The van der Waals surface area contributed by atoms with Crippen molar-refractivity contribution < 1.29 is 24.2 Å². The first-order valence-electron chi connectivity index (χ1n) is 12.3. The summed E-state index contributed by atoms with van der Waals surface area (Å²) in [4.78, 5) is 42.3. The second kappa shape index (κ2) is 9.29. The number of ether oxygens (including phenoxy) is 1. The van der Waals surface area contributed by atoms with Crippen LogP contribution in [0.3, 0.4) is 0 Å². The largest absolute Gasteiger partial charge is 0.394 e. The topological polar surface area (TPSA) is 108 Å². The van der Waals surface area contributed by atoms with E-state index in [0.717, 1.165) is 19.3 Å². The predicted molar refractivity (Wildman–Crippen MR) is 121 cm³/mol. The van der Waals surface area contributed by atoms with Crippen LogP contribution < -0.4 is 10.6 Å². The third kappa shape index (κ3) is 3.83. The van der Waals surface area contributed by atoms with E-state index >= 15 is 0 Å². The molecule has 0 aromatic heterocycles. The Morgan fingerprint density at radius 3 is 2.44 bits per heavy atom. The van der Waals surface area contributed by atoms with Crippen LogP contribution >= 0.6 is 0 Å². The Balaban J connectivity index is 2.05. The predicted octanol–water partition coefficient (Wildman–Crippen LogP) is 1.60. The van der Waals surface area contributed by atoms with Crippen LogP contribution in [0.25, 0.3) is 0 Å². The Morgan fingerprint density at radius 1 is 1.19 bits per heavy atom. The average molecular weight is 452 g/mol. The zero-order chi connectivity index (χ0) is 23.8. The second-order valence-corrected chi connectivity index (χ2v) is 10.5. The molecular formula is C24H41N3O5. The molecule has 3 fully saturated rings. The first-order valence-corrected chi connectivity index (χ1v) is 12.3. The lowest BCUT2D eigenvalue weighted by atomic mass is 9.66. The number of aliphatic hydroxyl groups is 1. The maximum atomic E-state index is 13.9. The molecule has 182 valence electrons. The maximum absolute atomic E-state index is 13.9. The van der Waals surface area contributed by atoms with Crippen molar-refractivity contribution in [2.75, 3.05) is 13.2 Å². The Bertz CT molecular complexity index is 743. The summed E-state index contributed by atoms with van der Waals surface area (Å²) in [5, 5.41) is 16.2. The third-order valence-electron chi connectivity index (χ3n) is 7.72. The van der Waals surface area contributed by atoms with E-state index < -0.39 is 35.1 Å². The van der Waals surface area contributed by atoms with E-state index in [0.29, 0.717) is 19.4 Å². The lowest BCUT2D eigenvalue weighted by Gasteiger charge is -2.39. The lowest BCUT2D eigenvalue weighted by Crippen LogP contribution is -2.59. The first kappa shape index (κ1) is 25.0. The van der Waals surface area contributed by atoms with Gasteiger partial charge in [0.1, 0.15) is 11.6 Å². The number of carbonyl (C=O) groups excluding carboxylic acids is 3. The summed E-state index contributed by atoms with van der Waals surface area (Å²) in [7, 11) is 0. The molecule has 3 unspecified atom stereocenters. The van der Waals surface area contributed by atoms with Gasteiger partial charge < -0.3 is 25.4 Å². The number of rotatable bonds is 10. The smallest absolute Gasteiger partial charge is 0.246 e. The molecule has 3 N–H and O–H groups in total. The number of nitrogens with zero attached hydrogens (tertiary/aromatic N) is 1. The zero-order valence-corrected chi connectivity index (χ0v) is 20.4. The Labute approximate surface area is 191 Å². The standard InChI is InChI=1S/C24H41N3O5/c1-7-9-15(5)26-21(30)19-24-11-10-23(6,32-24)17(20(29)25-12-8-2)18(24)22(31)27(19)16(13-28)14(3)4/h14-19,28H,7-13H2,1-6H3,(H,25,29)(H,26,30)/t15?,16-,17+,18-,19?,23-,24?/m0/s1. The van der Waals surface area contributed by atoms with Gasteiger partial charge in [-0.15, -0.1) is 0 Å². The fourth-order valence-corrected chi connectivity index (χ4v) is 6.23. The van der Waals surface area contributed by atoms with E-state index in [9.17, 15) is 19.5 Å². The fraction of sp³-hybridized carbons (Fsp3) is 0.875. The highest BCUT2D eigenvalue weighted by Gasteiger charge is 2.78. The number of amides is 3. The van der Waals surface area contributed by atoms with E-state index in [1.165, 1.54) is 0 Å². The van der Waals surface area contributed by atoms with E-state index in [1.54, 1.807) is 4.90 Å². The van der Waals surface area contributed by atoms with Crippen LogP contribution in [0.2, 0.25) is 0 Å². The molecule has 7 atom stereocenters. The van der Waals surface area contributed by atoms with Crippen molar-refractivity contribution >= 4 is 17.7 Å². The molecule has 3 heterocycles. The van der Waals surface area contributed by atoms with Crippen molar-refractivity contribution in [2.45, 2.75) is 103 Å². The van der Waals surface area contributed by atoms with E-state index in [1.807, 2.05) is 34.6 Å². The van der Waals surface area contributed by atoms with Crippen LogP contribution in [0.5, 0.6) is 0 Å². The van der Waals surface area contributed by atoms with Crippen molar-refractivity contribution in [3.05, 3.63) is 0 Å². The monoisotopic (exact) mass is 451 g/mol. The zero-order valence-electron chi connectivity index (χ0n) is 20.4. The molecule has 8 nitrogen and oxygen atoms in total. The number of hydrogen-bond donors (Lipinski definition) is 3. The summed E-state index contributed by atoms with van der Waals surface area (Å²) in [6.45, 7) is 12.0. The summed E-state index contributed by atoms with van der Waals surface area (Å²) in [5.74, 6) is -2.10. The van der Waals surface area contributed by atoms with Crippen molar-refractivity contribution in [1.82, 2.24) is 15.5 Å². The van der Waals surface area contributed by atoms with Crippen LogP contribution in [0.15, 0.2) is 0 Å². The van der Waals surface area contributed by atoms with Gasteiger partial charge in [-0.3, -0.25) is 14.4 Å². The summed E-state index contributed by atoms with van der Waals surface area (Å²) in [5.41, 5.74) is -1.82. The van der Waals surface area contributed by atoms with Gasteiger partial charge in [0.05, 0.1) is 30.1 Å². The summed E-state index contributed by atoms with van der Waals surface area (Å²) in [6.07, 6.45) is 3.73. The molecule has 3 rings (SSSR count). The molecule has 0 aromatic carbocycles. The van der Waals surface area contributed by atoms with E-state index in [4.69, 9.17) is 4.74 Å². The van der Waals surface area contributed by atoms with Crippen molar-refractivity contribution in [2.24, 2.45) is 17.8 Å². The number of hydrogen-bond acceptors (Lipinski definition) is 5. The van der Waals surface area contributed by atoms with Gasteiger partial charge in [0, 0.05) is 12.6 Å². The summed E-state index contributed by atoms with van der Waals surface area (Å²) < 4.78 is 6.57. The highest BCUT2D eigenvalue weighted by atomic mass is 16.5. The highest BCUT2D eigenvalue weighted by molar-refractivity contribution is 5.99. The molecule has 3 aliphatic heterocycles. The van der Waals surface area contributed by atoms with Crippen LogP contribution in [-0.2, 0) is 19.1 Å². The van der Waals surface area contributed by atoms with Gasteiger partial charge in [-0.2, -0.15) is 0 Å². The minimum Gasteiger partial charge on any atom is -0.394 e. The molecule has 3 saturated heterocycles. The molecule has 2 bridgehead atoms. The van der Waals surface area contributed by atoms with Gasteiger partial charge in [0.2, 0.25) is 17.7 Å². The molecule has 3 aliphatic rings. The molecule has 3 amide bonds. The number of nitrogens with one attached hydrogen (secondary N) is 2. The van der Waals surface area contributed by atoms with Crippen LogP contribution in [-0.4, -0.2) is 70.2 Å². The molecular weight excluding hydrogens is 410 g/mol. The second-order valence-electron chi connectivity index (χ2n) is 10.5. The molecule has 0 aliphatic carbocycles. The Kier molecular flexibility index (Phi) is 7.25. The van der Waals surface area contributed by atoms with Gasteiger partial charge in [-0.05, 0) is 45.4 Å². The molecule has 0 saturated carbocycles. The Hall–Kier alpha value is -1.67. The van der Waals surface area contributed by atoms with Crippen molar-refractivity contribution in [1.29, 1.82) is 0 Å². The first-order chi connectivity index (χ1) is 15.1. The Morgan fingerprint density at radius 2 is 1.88 bits per heavy atom. The van der Waals surface area contributed by atoms with Crippen molar-refractivity contribution in [3.63, 3.8) is 0 Å². The lowest BCUT2D eigenvalue weighted by molar-refractivity contribution is -0.151. The van der Waals surface area contributed by atoms with Gasteiger partial charge in [0.25, 0.3) is 0 Å². The number of fused-ring (bicyclic) bond motifs is 1. The SMILES string of the molecule is CCCNC(=O)[C@H]1[C@H]2C(=O)N([C@@H](CO)C(C)C)C(C(=O)NC(C)CCC)C23CC[C@]1(C)O3. The number of likely N-dealkylation sites (tertiary alicyclic amines) is 1. The van der Waals surface area contributed by atoms with Gasteiger partial charge in [0.15, 0.2) is 0 Å². The average Bonchev–Trinajstić information content (AvgIpc) is 3.28. The summed E-state index contributed by atoms with van der Waals surface area (Å²) in [6, 6.07) is -1.41. The molecule has 0 aromatic rings. The van der Waals surface area contributed by atoms with E-state index in [2.05, 4.69) is 17.6 Å². The van der Waals surface area contributed by atoms with Crippen molar-refractivity contribution in [3.8, 4) is 0 Å². The van der Waals surface area contributed by atoms with Gasteiger partial charge in [-0.25, -0.2) is 0 Å². The molecule has 0 radical (unpaired) electrons. The molecule has 32 heavy (non-hydrogen) atoms. The number of aliphatic hydroxyl groups excluding tert-OH is 1. The summed E-state index contributed by atoms with van der Waals surface area (Å²) >= 11 is 0. The fourth-order valence-electron chi connectivity index (χ4n) is 6.23. The number of carbonyl (C=O) groups is 3. The molecule has 8 heteroatoms. The quantitative estimate of drug-likeness (QED) is 0.468.